The molecular formula is C43H56ClN3O5S2. The maximum atomic E-state index is 13.2. The highest BCUT2D eigenvalue weighted by Crippen LogP contribution is 2.47. The van der Waals surface area contributed by atoms with E-state index in [1.54, 1.807) is 22.7 Å². The van der Waals surface area contributed by atoms with Crippen LogP contribution in [0.3, 0.4) is 0 Å². The van der Waals surface area contributed by atoms with E-state index in [1.165, 1.54) is 84.2 Å². The number of nitrogens with zero attached hydrogens (tertiary/aromatic N) is 2. The Morgan fingerprint density at radius 3 is 1.87 bits per heavy atom. The number of fused-ring (bicyclic) bond motifs is 12. The van der Waals surface area contributed by atoms with Crippen LogP contribution in [0, 0.1) is 17.8 Å². The number of hydrogen-bond acceptors (Lipinski definition) is 10. The highest BCUT2D eigenvalue weighted by Gasteiger charge is 2.48. The van der Waals surface area contributed by atoms with Crippen LogP contribution in [0.1, 0.15) is 93.4 Å². The van der Waals surface area contributed by atoms with Crippen molar-refractivity contribution in [3.8, 4) is 11.5 Å². The monoisotopic (exact) mass is 793 g/mol. The molecule has 2 atom stereocenters. The molecule has 6 saturated heterocycles. The molecule has 6 fully saturated rings. The molecule has 292 valence electrons. The summed E-state index contributed by atoms with van der Waals surface area (Å²) in [5, 5.41) is 4.60. The van der Waals surface area contributed by atoms with Gasteiger partial charge in [-0.3, -0.25) is 14.6 Å². The minimum absolute atomic E-state index is 0. The predicted molar refractivity (Wildman–Crippen MR) is 221 cm³/mol. The Balaban J connectivity index is 0.000000148. The molecule has 0 amide bonds. The maximum absolute atomic E-state index is 13.2. The number of aryl methyl sites for hydroxylation is 2. The molecule has 12 rings (SSSR count). The van der Waals surface area contributed by atoms with E-state index in [-0.39, 0.29) is 29.6 Å². The molecule has 54 heavy (non-hydrogen) atoms. The van der Waals surface area contributed by atoms with Gasteiger partial charge in [-0.05, 0) is 162 Å². The first kappa shape index (κ1) is 40.8. The highest BCUT2D eigenvalue weighted by molar-refractivity contribution is 7.21. The molecule has 2 N–H and O–H groups in total. The number of nitrogens with two attached hydrogens (primary N) is 1. The molecule has 8 nitrogen and oxygen atoms in total. The molecule has 8 aliphatic rings. The first-order chi connectivity index (χ1) is 25.5. The van der Waals surface area contributed by atoms with Crippen LogP contribution in [-0.4, -0.2) is 78.2 Å². The predicted octanol–water partition coefficient (Wildman–Crippen LogP) is 8.80. The van der Waals surface area contributed by atoms with Crippen molar-refractivity contribution in [2.45, 2.75) is 103 Å². The molecule has 4 bridgehead atoms. The van der Waals surface area contributed by atoms with Gasteiger partial charge >= 0.3 is 6.15 Å². The van der Waals surface area contributed by atoms with Crippen LogP contribution in [0.15, 0.2) is 41.8 Å². The Labute approximate surface area is 334 Å². The van der Waals surface area contributed by atoms with E-state index in [4.69, 9.17) is 24.8 Å². The summed E-state index contributed by atoms with van der Waals surface area (Å²) in [6.07, 6.45) is 10.6. The number of ketones is 1. The molecule has 4 aromatic rings. The molecule has 0 radical (unpaired) electrons. The smallest absolute Gasteiger partial charge is 0.373 e. The van der Waals surface area contributed by atoms with Gasteiger partial charge in [0.05, 0.1) is 27.5 Å². The molecule has 2 aromatic carbocycles. The van der Waals surface area contributed by atoms with Crippen LogP contribution >= 0.6 is 35.1 Å². The third-order valence-corrected chi connectivity index (χ3v) is 15.4. The van der Waals surface area contributed by atoms with Gasteiger partial charge in [-0.1, -0.05) is 24.3 Å². The summed E-state index contributed by atoms with van der Waals surface area (Å²) in [6.45, 7) is 15.9. The van der Waals surface area contributed by atoms with Crippen molar-refractivity contribution in [2.75, 3.05) is 39.4 Å². The zero-order valence-electron chi connectivity index (χ0n) is 32.2. The van der Waals surface area contributed by atoms with Crippen molar-refractivity contribution < 1.29 is 23.9 Å². The topological polar surface area (TPSA) is 102 Å². The number of rotatable bonds is 3. The summed E-state index contributed by atoms with van der Waals surface area (Å²) in [7, 11) is 0. The molecule has 0 saturated carbocycles. The second kappa shape index (κ2) is 17.1. The SMILES string of the molecule is CC1(C)[C@H](CC(=O)c2cc3ccc4c(c3s2)OCCC4)C2CCN1CC2.CC1(C)[C@H](N)C2CCN1CC2.Cl.O=C=O.c1cc2ccc3c(c2s1)OCCC3. The zero-order chi connectivity index (χ0) is 37.3. The molecule has 0 spiro atoms. The lowest BCUT2D eigenvalue weighted by Gasteiger charge is -2.56. The number of hydrogen-bond donors (Lipinski definition) is 1. The van der Waals surface area contributed by atoms with E-state index < -0.39 is 0 Å². The van der Waals surface area contributed by atoms with E-state index in [1.807, 2.05) is 0 Å². The molecule has 2 aromatic heterocycles. The van der Waals surface area contributed by atoms with Crippen molar-refractivity contribution in [1.82, 2.24) is 9.80 Å². The quantitative estimate of drug-likeness (QED) is 0.206. The number of ether oxygens (including phenoxy) is 2. The summed E-state index contributed by atoms with van der Waals surface area (Å²) >= 11 is 3.42. The number of thiophene rings is 2. The lowest BCUT2D eigenvalue weighted by molar-refractivity contribution is -0.191. The number of carbonyl (C=O) groups excluding carboxylic acids is 3. The Hall–Kier alpha value is -2.82. The van der Waals surface area contributed by atoms with Gasteiger partial charge < -0.3 is 15.2 Å². The first-order valence-corrected chi connectivity index (χ1v) is 21.3. The third-order valence-electron chi connectivity index (χ3n) is 13.2. The lowest BCUT2D eigenvalue weighted by Crippen LogP contribution is -2.67. The second-order valence-electron chi connectivity index (χ2n) is 16.7. The fraction of sp³-hybridized carbons (Fsp3) is 0.581. The van der Waals surface area contributed by atoms with Gasteiger partial charge in [0.2, 0.25) is 0 Å². The van der Waals surface area contributed by atoms with Crippen molar-refractivity contribution in [3.05, 3.63) is 57.8 Å². The van der Waals surface area contributed by atoms with E-state index in [0.29, 0.717) is 30.1 Å². The average molecular weight is 795 g/mol. The first-order valence-electron chi connectivity index (χ1n) is 19.6. The van der Waals surface area contributed by atoms with Gasteiger partial charge in [0.25, 0.3) is 0 Å². The van der Waals surface area contributed by atoms with E-state index in [9.17, 15) is 4.79 Å². The fourth-order valence-electron chi connectivity index (χ4n) is 9.92. The lowest BCUT2D eigenvalue weighted by atomic mass is 9.65. The van der Waals surface area contributed by atoms with Gasteiger partial charge in [-0.2, -0.15) is 9.59 Å². The van der Waals surface area contributed by atoms with Crippen molar-refractivity contribution in [2.24, 2.45) is 23.5 Å². The summed E-state index contributed by atoms with van der Waals surface area (Å²) < 4.78 is 14.1. The number of halogens is 1. The fourth-order valence-corrected chi connectivity index (χ4v) is 12.0. The van der Waals surface area contributed by atoms with Crippen LogP contribution in [-0.2, 0) is 22.4 Å². The normalized spacial score (nSPS) is 27.7. The molecular weight excluding hydrogens is 738 g/mol. The molecule has 8 aliphatic heterocycles. The molecule has 0 unspecified atom stereocenters. The molecule has 10 heterocycles. The van der Waals surface area contributed by atoms with E-state index in [0.717, 1.165) is 60.2 Å². The minimum Gasteiger partial charge on any atom is -0.492 e. The number of piperidine rings is 6. The molecule has 11 heteroatoms. The van der Waals surface area contributed by atoms with E-state index >= 15 is 0 Å². The van der Waals surface area contributed by atoms with Crippen LogP contribution in [0.2, 0.25) is 0 Å². The number of benzene rings is 2. The van der Waals surface area contributed by atoms with Gasteiger partial charge in [-0.15, -0.1) is 35.1 Å². The highest BCUT2D eigenvalue weighted by atomic mass is 35.5. The molecule has 0 aliphatic carbocycles. The van der Waals surface area contributed by atoms with Crippen LogP contribution in [0.4, 0.5) is 0 Å². The number of carbonyl (C=O) groups is 1. The minimum atomic E-state index is 0. The van der Waals surface area contributed by atoms with E-state index in [2.05, 4.69) is 79.3 Å². The summed E-state index contributed by atoms with van der Waals surface area (Å²) in [5.41, 5.74) is 9.24. The Morgan fingerprint density at radius 2 is 1.33 bits per heavy atom. The largest absolute Gasteiger partial charge is 0.492 e. The van der Waals surface area contributed by atoms with Crippen LogP contribution < -0.4 is 15.2 Å². The zero-order valence-corrected chi connectivity index (χ0v) is 34.6. The van der Waals surface area contributed by atoms with Crippen LogP contribution in [0.25, 0.3) is 20.2 Å². The second-order valence-corrected chi connectivity index (χ2v) is 18.6. The van der Waals surface area contributed by atoms with Gasteiger partial charge in [0, 0.05) is 23.5 Å². The third kappa shape index (κ3) is 8.04. The van der Waals surface area contributed by atoms with Crippen molar-refractivity contribution >= 4 is 67.2 Å². The summed E-state index contributed by atoms with van der Waals surface area (Å²) in [4.78, 5) is 35.5. The van der Waals surface area contributed by atoms with Gasteiger partial charge in [0.15, 0.2) is 5.78 Å². The van der Waals surface area contributed by atoms with Crippen molar-refractivity contribution in [1.29, 1.82) is 0 Å². The van der Waals surface area contributed by atoms with Gasteiger partial charge in [0.1, 0.15) is 11.5 Å². The Morgan fingerprint density at radius 1 is 0.796 bits per heavy atom. The van der Waals surface area contributed by atoms with Crippen molar-refractivity contribution in [3.63, 3.8) is 0 Å². The summed E-state index contributed by atoms with van der Waals surface area (Å²) in [6, 6.07) is 13.4. The van der Waals surface area contributed by atoms with Gasteiger partial charge in [-0.25, -0.2) is 0 Å². The Kier molecular flexibility index (Phi) is 13.0. The average Bonchev–Trinajstić information content (AvgIpc) is 3.85. The maximum Gasteiger partial charge on any atom is 0.373 e. The summed E-state index contributed by atoms with van der Waals surface area (Å²) in [5.74, 6) is 4.48. The number of Topliss-reactive ketones (excluding diaryl/α,β-unsaturated/α-hetero) is 1. The van der Waals surface area contributed by atoms with Crippen LogP contribution in [0.5, 0.6) is 11.5 Å². The Bertz CT molecular complexity index is 1950. The standard InChI is InChI=1S/C22H27NO2S.C11H10OS.C9H18N2.CO2.ClH/c1-22(2)17(14-7-9-23(22)10-8-14)13-18(24)19-12-16-6-5-15-4-3-11-25-20(15)21(16)26-19;1-2-8-3-4-9-5-7-13-11(9)10(8)12-6-1;1-9(2)8(10)7-3-5-11(9)6-4-7;2-1-3;/h5-6,12,14,17H,3-4,7-11,13H2,1-2H3;3-5,7H,1-2,6H2;7-8H,3-6,10H2,1-2H3;;1H/t17-;;8-;;/m1.1../s1.